The van der Waals surface area contributed by atoms with Crippen LogP contribution < -0.4 is 5.63 Å². The Labute approximate surface area is 105 Å². The van der Waals surface area contributed by atoms with E-state index in [4.69, 9.17) is 9.79 Å². The van der Waals surface area contributed by atoms with Crippen LogP contribution in [-0.4, -0.2) is 9.79 Å². The molecule has 0 amide bonds. The Hall–Kier alpha value is -1.56. The highest BCUT2D eigenvalue weighted by molar-refractivity contribution is 7.50. The highest BCUT2D eigenvalue weighted by atomic mass is 31.2. The van der Waals surface area contributed by atoms with Crippen molar-refractivity contribution in [3.8, 4) is 0 Å². The van der Waals surface area contributed by atoms with Crippen molar-refractivity contribution in [3.05, 3.63) is 45.3 Å². The third-order valence-corrected chi connectivity index (χ3v) is 3.32. The molecule has 19 heavy (non-hydrogen) atoms. The van der Waals surface area contributed by atoms with Gasteiger partial charge in [0.05, 0.1) is 6.16 Å². The second-order valence-corrected chi connectivity index (χ2v) is 5.74. The quantitative estimate of drug-likeness (QED) is 0.653. The van der Waals surface area contributed by atoms with Gasteiger partial charge in [-0.1, -0.05) is 0 Å². The van der Waals surface area contributed by atoms with E-state index in [1.54, 1.807) is 0 Å². The highest BCUT2D eigenvalue weighted by Gasteiger charge is 2.24. The first kappa shape index (κ1) is 13.9. The summed E-state index contributed by atoms with van der Waals surface area (Å²) >= 11 is 0. The van der Waals surface area contributed by atoms with Crippen LogP contribution in [0.25, 0.3) is 11.0 Å². The lowest BCUT2D eigenvalue weighted by Gasteiger charge is -2.09. The van der Waals surface area contributed by atoms with E-state index in [-0.39, 0.29) is 5.39 Å². The number of aryl methyl sites for hydroxylation is 1. The summed E-state index contributed by atoms with van der Waals surface area (Å²) in [5, 5.41) is 0.0454. The Balaban J connectivity index is 2.82. The zero-order chi connectivity index (χ0) is 14.4. The second-order valence-electron chi connectivity index (χ2n) is 4.10. The number of fused-ring (bicyclic) bond motifs is 1. The van der Waals surface area contributed by atoms with E-state index in [9.17, 15) is 18.1 Å². The predicted molar refractivity (Wildman–Crippen MR) is 62.9 cm³/mol. The van der Waals surface area contributed by atoms with Crippen LogP contribution in [0.1, 0.15) is 11.1 Å². The Morgan fingerprint density at radius 1 is 1.32 bits per heavy atom. The molecule has 0 saturated carbocycles. The molecule has 0 aliphatic carbocycles. The van der Waals surface area contributed by atoms with Crippen molar-refractivity contribution in [1.82, 2.24) is 0 Å². The van der Waals surface area contributed by atoms with Crippen LogP contribution in [0.5, 0.6) is 0 Å². The van der Waals surface area contributed by atoms with Gasteiger partial charge in [-0.2, -0.15) is 0 Å². The highest BCUT2D eigenvalue weighted by Crippen LogP contribution is 2.41. The Morgan fingerprint density at radius 3 is 2.53 bits per heavy atom. The number of rotatable bonds is 2. The fourth-order valence-corrected chi connectivity index (χ4v) is 2.47. The summed E-state index contributed by atoms with van der Waals surface area (Å²) in [6.45, 7) is 1.47. The summed E-state index contributed by atoms with van der Waals surface area (Å²) < 4.78 is 43.2. The molecule has 2 rings (SSSR count). The molecular weight excluding hydrogens is 281 g/mol. The zero-order valence-electron chi connectivity index (χ0n) is 9.68. The van der Waals surface area contributed by atoms with E-state index < -0.39 is 42.2 Å². The van der Waals surface area contributed by atoms with Crippen molar-refractivity contribution < 1.29 is 27.5 Å². The minimum Gasteiger partial charge on any atom is -0.420 e. The van der Waals surface area contributed by atoms with Crippen LogP contribution in [0.15, 0.2) is 21.3 Å². The molecule has 8 heteroatoms. The van der Waals surface area contributed by atoms with Crippen LogP contribution in [0.4, 0.5) is 8.78 Å². The van der Waals surface area contributed by atoms with Gasteiger partial charge in [-0.25, -0.2) is 13.6 Å². The van der Waals surface area contributed by atoms with E-state index in [0.717, 1.165) is 12.1 Å². The average molecular weight is 290 g/mol. The third-order valence-electron chi connectivity index (χ3n) is 2.59. The molecule has 5 nitrogen and oxygen atoms in total. The van der Waals surface area contributed by atoms with Gasteiger partial charge in [0.25, 0.3) is 0 Å². The molecule has 1 aromatic carbocycles. The lowest BCUT2D eigenvalue weighted by Crippen LogP contribution is -2.03. The van der Waals surface area contributed by atoms with Crippen LogP contribution in [-0.2, 0) is 10.7 Å². The molecule has 0 aliphatic rings. The van der Waals surface area contributed by atoms with Crippen molar-refractivity contribution >= 4 is 18.6 Å². The zero-order valence-corrected chi connectivity index (χ0v) is 10.6. The van der Waals surface area contributed by atoms with Gasteiger partial charge in [-0.15, -0.1) is 0 Å². The van der Waals surface area contributed by atoms with Crippen LogP contribution in [0.2, 0.25) is 0 Å². The number of halogens is 2. The van der Waals surface area contributed by atoms with Gasteiger partial charge in [0.1, 0.15) is 5.82 Å². The molecule has 0 saturated heterocycles. The molecule has 0 radical (unpaired) electrons. The van der Waals surface area contributed by atoms with Gasteiger partial charge >= 0.3 is 13.2 Å². The van der Waals surface area contributed by atoms with E-state index in [2.05, 4.69) is 4.42 Å². The number of hydrogen-bond acceptors (Lipinski definition) is 3. The molecule has 1 aromatic heterocycles. The van der Waals surface area contributed by atoms with E-state index in [1.807, 2.05) is 0 Å². The summed E-state index contributed by atoms with van der Waals surface area (Å²) in [6.07, 6.45) is -1.10. The van der Waals surface area contributed by atoms with Crippen LogP contribution in [0.3, 0.4) is 0 Å². The smallest absolute Gasteiger partial charge is 0.336 e. The van der Waals surface area contributed by atoms with E-state index in [0.29, 0.717) is 5.56 Å². The monoisotopic (exact) mass is 290 g/mol. The molecule has 0 atom stereocenters. The fourth-order valence-electron chi connectivity index (χ4n) is 1.77. The maximum Gasteiger partial charge on any atom is 0.336 e. The second kappa shape index (κ2) is 4.52. The lowest BCUT2D eigenvalue weighted by atomic mass is 10.1. The Kier molecular flexibility index (Phi) is 3.30. The SMILES string of the molecule is Cc1cc(=O)oc2c(F)c(CP(=O)(O)O)c(F)cc12. The maximum atomic E-state index is 14.0. The molecule has 102 valence electrons. The van der Waals surface area contributed by atoms with Gasteiger partial charge in [0, 0.05) is 17.0 Å². The Morgan fingerprint density at radius 2 is 1.95 bits per heavy atom. The summed E-state index contributed by atoms with van der Waals surface area (Å²) in [7, 11) is -4.64. The van der Waals surface area contributed by atoms with Crippen molar-refractivity contribution in [1.29, 1.82) is 0 Å². The van der Waals surface area contributed by atoms with Gasteiger partial charge in [0.2, 0.25) is 0 Å². The topological polar surface area (TPSA) is 87.7 Å². The maximum absolute atomic E-state index is 14.0. The summed E-state index contributed by atoms with van der Waals surface area (Å²) in [4.78, 5) is 28.7. The lowest BCUT2D eigenvalue weighted by molar-refractivity contribution is 0.369. The van der Waals surface area contributed by atoms with Gasteiger partial charge < -0.3 is 14.2 Å². The molecule has 0 unspecified atom stereocenters. The van der Waals surface area contributed by atoms with Gasteiger partial charge in [0.15, 0.2) is 11.4 Å². The number of benzene rings is 1. The summed E-state index contributed by atoms with van der Waals surface area (Å²) in [5.74, 6) is -2.36. The van der Waals surface area contributed by atoms with Gasteiger partial charge in [-0.05, 0) is 18.6 Å². The first-order valence-corrected chi connectivity index (χ1v) is 6.94. The van der Waals surface area contributed by atoms with Crippen molar-refractivity contribution in [3.63, 3.8) is 0 Å². The molecule has 0 fully saturated rings. The molecule has 2 aromatic rings. The normalized spacial score (nSPS) is 12.1. The molecule has 0 aliphatic heterocycles. The fraction of sp³-hybridized carbons (Fsp3) is 0.182. The first-order chi connectivity index (χ1) is 8.69. The van der Waals surface area contributed by atoms with Crippen molar-refractivity contribution in [2.24, 2.45) is 0 Å². The largest absolute Gasteiger partial charge is 0.420 e. The van der Waals surface area contributed by atoms with Gasteiger partial charge in [-0.3, -0.25) is 4.57 Å². The van der Waals surface area contributed by atoms with Crippen LogP contribution >= 0.6 is 7.60 Å². The minimum absolute atomic E-state index is 0.0454. The van der Waals surface area contributed by atoms with E-state index in [1.165, 1.54) is 6.92 Å². The standard InChI is InChI=1S/C11H9F2O5P/c1-5-2-9(14)18-11-6(5)3-8(12)7(10(11)13)4-19(15,16)17/h2-3H,4H2,1H3,(H2,15,16,17). The molecule has 0 bridgehead atoms. The Bertz CT molecular complexity index is 762. The van der Waals surface area contributed by atoms with Crippen molar-refractivity contribution in [2.45, 2.75) is 13.1 Å². The summed E-state index contributed by atoms with van der Waals surface area (Å²) in [5.41, 5.74) is -1.81. The molecule has 2 N–H and O–H groups in total. The average Bonchev–Trinajstić information content (AvgIpc) is 2.25. The molecule has 1 heterocycles. The minimum atomic E-state index is -4.64. The molecular formula is C11H9F2O5P. The number of hydrogen-bond donors (Lipinski definition) is 2. The van der Waals surface area contributed by atoms with E-state index >= 15 is 0 Å². The molecule has 0 spiro atoms. The van der Waals surface area contributed by atoms with Crippen LogP contribution in [0, 0.1) is 18.6 Å². The first-order valence-electron chi connectivity index (χ1n) is 5.15. The third kappa shape index (κ3) is 2.73. The predicted octanol–water partition coefficient (Wildman–Crippen LogP) is 2.06. The van der Waals surface area contributed by atoms with Crippen molar-refractivity contribution in [2.75, 3.05) is 0 Å². The summed E-state index contributed by atoms with van der Waals surface area (Å²) in [6, 6.07) is 1.96.